The molecule has 0 saturated carbocycles. The Hall–Kier alpha value is -3.63. The van der Waals surface area contributed by atoms with Crippen LogP contribution in [-0.2, 0) is 15.8 Å². The third-order valence-electron chi connectivity index (χ3n) is 5.07. The second-order valence-electron chi connectivity index (χ2n) is 7.62. The number of nitrogens with one attached hydrogen (secondary N) is 2. The van der Waals surface area contributed by atoms with Crippen LogP contribution in [0.15, 0.2) is 72.6 Å². The highest BCUT2D eigenvalue weighted by Crippen LogP contribution is 2.28. The van der Waals surface area contributed by atoms with Gasteiger partial charge in [-0.25, -0.2) is 9.19 Å². The van der Waals surface area contributed by atoms with Crippen LogP contribution in [0.25, 0.3) is 22.4 Å². The molecule has 188 valence electrons. The molecule has 3 aromatic heterocycles. The van der Waals surface area contributed by atoms with Crippen molar-refractivity contribution in [3.8, 4) is 22.4 Å². The predicted molar refractivity (Wildman–Crippen MR) is 146 cm³/mol. The second-order valence-corrected chi connectivity index (χ2v) is 9.95. The SMILES string of the molecule is CCCCS(=O)n1ccc(C(=O)NCC=O)c1.CNc1nc(-c2cccc(-c3ccncc3)c2)cs1. The van der Waals surface area contributed by atoms with Gasteiger partial charge in [0.2, 0.25) is 0 Å². The molecular formula is C26H29N5O3S2. The number of unbranched alkanes of at least 4 members (excludes halogenated alkanes) is 1. The summed E-state index contributed by atoms with van der Waals surface area (Å²) >= 11 is 1.61. The molecule has 10 heteroatoms. The molecule has 0 spiro atoms. The predicted octanol–water partition coefficient (Wildman–Crippen LogP) is 4.64. The molecule has 8 nitrogen and oxygen atoms in total. The van der Waals surface area contributed by atoms with E-state index >= 15 is 0 Å². The number of carbonyl (C=O) groups is 2. The lowest BCUT2D eigenvalue weighted by Crippen LogP contribution is -2.24. The van der Waals surface area contributed by atoms with Crippen molar-refractivity contribution in [1.29, 1.82) is 0 Å². The quantitative estimate of drug-likeness (QED) is 0.293. The van der Waals surface area contributed by atoms with Crippen LogP contribution < -0.4 is 10.6 Å². The molecule has 4 aromatic rings. The van der Waals surface area contributed by atoms with Gasteiger partial charge in [-0.05, 0) is 41.8 Å². The lowest BCUT2D eigenvalue weighted by molar-refractivity contribution is -0.107. The average molecular weight is 524 g/mol. The Balaban J connectivity index is 0.000000202. The Kier molecular flexibility index (Phi) is 10.5. The van der Waals surface area contributed by atoms with Gasteiger partial charge >= 0.3 is 0 Å². The molecule has 1 unspecified atom stereocenters. The van der Waals surface area contributed by atoms with E-state index in [1.165, 1.54) is 21.3 Å². The Bertz CT molecular complexity index is 1290. The fourth-order valence-corrected chi connectivity index (χ4v) is 5.03. The molecule has 0 aliphatic rings. The van der Waals surface area contributed by atoms with Gasteiger partial charge in [0.05, 0.1) is 17.8 Å². The van der Waals surface area contributed by atoms with Gasteiger partial charge in [0, 0.05) is 48.5 Å². The van der Waals surface area contributed by atoms with Gasteiger partial charge in [-0.1, -0.05) is 31.5 Å². The van der Waals surface area contributed by atoms with Crippen LogP contribution in [0.2, 0.25) is 0 Å². The zero-order valence-electron chi connectivity index (χ0n) is 20.2. The second kappa shape index (κ2) is 14.1. The molecule has 0 aliphatic carbocycles. The minimum Gasteiger partial charge on any atom is -0.365 e. The molecule has 0 bridgehead atoms. The maximum atomic E-state index is 11.7. The smallest absolute Gasteiger partial charge is 0.253 e. The number of nitrogens with zero attached hydrogens (tertiary/aromatic N) is 3. The molecule has 1 atom stereocenters. The van der Waals surface area contributed by atoms with Gasteiger partial charge in [-0.2, -0.15) is 0 Å². The van der Waals surface area contributed by atoms with E-state index in [2.05, 4.69) is 50.2 Å². The van der Waals surface area contributed by atoms with Crippen LogP contribution in [0.5, 0.6) is 0 Å². The number of rotatable bonds is 10. The minimum atomic E-state index is -1.12. The van der Waals surface area contributed by atoms with E-state index in [4.69, 9.17) is 0 Å². The number of aromatic nitrogens is 3. The number of thiazole rings is 1. The third kappa shape index (κ3) is 7.69. The molecule has 0 saturated heterocycles. The fraction of sp³-hybridized carbons (Fsp3) is 0.231. The van der Waals surface area contributed by atoms with Crippen molar-refractivity contribution < 1.29 is 13.8 Å². The zero-order valence-corrected chi connectivity index (χ0v) is 21.8. The van der Waals surface area contributed by atoms with Crippen LogP contribution in [0.1, 0.15) is 30.1 Å². The van der Waals surface area contributed by atoms with E-state index in [0.29, 0.717) is 17.6 Å². The van der Waals surface area contributed by atoms with E-state index < -0.39 is 11.0 Å². The summed E-state index contributed by atoms with van der Waals surface area (Å²) in [6, 6.07) is 14.0. The number of pyridine rings is 1. The monoisotopic (exact) mass is 523 g/mol. The Morgan fingerprint density at radius 2 is 1.92 bits per heavy atom. The van der Waals surface area contributed by atoms with E-state index in [9.17, 15) is 13.8 Å². The Labute approximate surface area is 217 Å². The summed E-state index contributed by atoms with van der Waals surface area (Å²) in [6.07, 6.45) is 9.26. The van der Waals surface area contributed by atoms with Gasteiger partial charge < -0.3 is 15.4 Å². The summed E-state index contributed by atoms with van der Waals surface area (Å²) in [5.74, 6) is 0.254. The van der Waals surface area contributed by atoms with Crippen LogP contribution in [0, 0.1) is 0 Å². The third-order valence-corrected chi connectivity index (χ3v) is 7.27. The summed E-state index contributed by atoms with van der Waals surface area (Å²) in [5.41, 5.74) is 4.90. The van der Waals surface area contributed by atoms with Crippen molar-refractivity contribution in [2.45, 2.75) is 19.8 Å². The molecule has 0 fully saturated rings. The number of carbonyl (C=O) groups excluding carboxylic acids is 2. The standard InChI is InChI=1S/C15H13N3S.C11H16N2O3S/c1-16-15-18-14(10-19-15)13-4-2-3-12(9-13)11-5-7-17-8-6-11;1-2-3-8-17(16)13-6-4-10(9-13)11(15)12-5-7-14/h2-10H,1H3,(H,16,18);4,6-7,9H,2-3,5,8H2,1H3,(H,12,15). The molecule has 4 rings (SSSR count). The van der Waals surface area contributed by atoms with E-state index in [-0.39, 0.29) is 12.5 Å². The molecule has 1 amide bonds. The normalized spacial score (nSPS) is 11.2. The molecule has 3 heterocycles. The van der Waals surface area contributed by atoms with E-state index in [1.54, 1.807) is 23.6 Å². The fourth-order valence-electron chi connectivity index (χ4n) is 3.17. The van der Waals surface area contributed by atoms with Crippen molar-refractivity contribution >= 4 is 39.6 Å². The highest BCUT2D eigenvalue weighted by atomic mass is 32.2. The average Bonchev–Trinajstić information content (AvgIpc) is 3.62. The Morgan fingerprint density at radius 3 is 2.61 bits per heavy atom. The van der Waals surface area contributed by atoms with Crippen molar-refractivity contribution in [1.82, 2.24) is 19.3 Å². The maximum Gasteiger partial charge on any atom is 0.253 e. The maximum absolute atomic E-state index is 11.7. The Morgan fingerprint density at radius 1 is 1.14 bits per heavy atom. The number of benzene rings is 1. The number of amides is 1. The van der Waals surface area contributed by atoms with Crippen molar-refractivity contribution in [3.05, 3.63) is 78.2 Å². The highest BCUT2D eigenvalue weighted by Gasteiger charge is 2.09. The molecule has 36 heavy (non-hydrogen) atoms. The van der Waals surface area contributed by atoms with E-state index in [0.717, 1.165) is 29.2 Å². The topological polar surface area (TPSA) is 106 Å². The molecule has 0 radical (unpaired) electrons. The first-order chi connectivity index (χ1) is 17.5. The van der Waals surface area contributed by atoms with E-state index in [1.807, 2.05) is 38.5 Å². The number of anilines is 1. The summed E-state index contributed by atoms with van der Waals surface area (Å²) < 4.78 is 13.3. The number of hydrogen-bond donors (Lipinski definition) is 2. The van der Waals surface area contributed by atoms with Gasteiger partial charge in [0.15, 0.2) is 5.13 Å². The zero-order chi connectivity index (χ0) is 25.8. The van der Waals surface area contributed by atoms with Gasteiger partial charge in [-0.15, -0.1) is 11.3 Å². The summed E-state index contributed by atoms with van der Waals surface area (Å²) in [7, 11) is 0.767. The highest BCUT2D eigenvalue weighted by molar-refractivity contribution is 7.83. The summed E-state index contributed by atoms with van der Waals surface area (Å²) in [6.45, 7) is 2.02. The van der Waals surface area contributed by atoms with Crippen LogP contribution in [0.3, 0.4) is 0 Å². The first-order valence-electron chi connectivity index (χ1n) is 11.5. The van der Waals surface area contributed by atoms with Crippen LogP contribution in [-0.4, -0.2) is 49.7 Å². The number of hydrogen-bond acceptors (Lipinski definition) is 7. The van der Waals surface area contributed by atoms with Crippen LogP contribution in [0.4, 0.5) is 5.13 Å². The number of aldehydes is 1. The molecular weight excluding hydrogens is 494 g/mol. The van der Waals surface area contributed by atoms with Crippen molar-refractivity contribution in [2.75, 3.05) is 24.7 Å². The van der Waals surface area contributed by atoms with Crippen molar-refractivity contribution in [2.24, 2.45) is 0 Å². The molecule has 0 aliphatic heterocycles. The summed E-state index contributed by atoms with van der Waals surface area (Å²) in [4.78, 5) is 30.2. The van der Waals surface area contributed by atoms with Gasteiger partial charge in [-0.3, -0.25) is 13.8 Å². The lowest BCUT2D eigenvalue weighted by atomic mass is 10.0. The first kappa shape index (κ1) is 27.0. The lowest BCUT2D eigenvalue weighted by Gasteiger charge is -2.03. The van der Waals surface area contributed by atoms with Crippen molar-refractivity contribution in [3.63, 3.8) is 0 Å². The molecule has 1 aromatic carbocycles. The summed E-state index contributed by atoms with van der Waals surface area (Å²) in [5, 5.41) is 8.49. The van der Waals surface area contributed by atoms with Gasteiger partial charge in [0.1, 0.15) is 17.3 Å². The molecule has 2 N–H and O–H groups in total. The largest absolute Gasteiger partial charge is 0.365 e. The van der Waals surface area contributed by atoms with Gasteiger partial charge in [0.25, 0.3) is 5.91 Å². The minimum absolute atomic E-state index is 0.0110. The first-order valence-corrected chi connectivity index (χ1v) is 13.6. The van der Waals surface area contributed by atoms with Crippen LogP contribution >= 0.6 is 11.3 Å².